The van der Waals surface area contributed by atoms with Crippen LogP contribution < -0.4 is 10.4 Å². The van der Waals surface area contributed by atoms with Crippen molar-refractivity contribution in [3.05, 3.63) is 51.4 Å². The molecule has 0 aliphatic heterocycles. The summed E-state index contributed by atoms with van der Waals surface area (Å²) in [6.07, 6.45) is -0.120. The van der Waals surface area contributed by atoms with Crippen molar-refractivity contribution in [3.8, 4) is 5.75 Å². The Bertz CT molecular complexity index is 791. The molecule has 0 unspecified atom stereocenters. The average Bonchev–Trinajstić information content (AvgIpc) is 2.48. The lowest BCUT2D eigenvalue weighted by Gasteiger charge is -2.09. The number of halogens is 1. The van der Waals surface area contributed by atoms with Crippen molar-refractivity contribution in [1.82, 2.24) is 0 Å². The summed E-state index contributed by atoms with van der Waals surface area (Å²) < 4.78 is 15.3. The lowest BCUT2D eigenvalue weighted by Crippen LogP contribution is -2.16. The Morgan fingerprint density at radius 3 is 2.77 bits per heavy atom. The van der Waals surface area contributed by atoms with Gasteiger partial charge in [0.05, 0.1) is 19.1 Å². The van der Waals surface area contributed by atoms with Gasteiger partial charge in [-0.15, -0.1) is 0 Å². The highest BCUT2D eigenvalue weighted by atomic mass is 35.5. The SMILES string of the molecule is C=C(Cl)COc1ccc2c(C)c(CC(=O)OC)c(=O)oc2c1. The molecule has 0 spiro atoms. The van der Waals surface area contributed by atoms with Crippen molar-refractivity contribution in [2.75, 3.05) is 13.7 Å². The number of esters is 1. The largest absolute Gasteiger partial charge is 0.488 e. The minimum absolute atomic E-state index is 0.120. The van der Waals surface area contributed by atoms with Crippen molar-refractivity contribution in [2.24, 2.45) is 0 Å². The lowest BCUT2D eigenvalue weighted by molar-refractivity contribution is -0.139. The van der Waals surface area contributed by atoms with Crippen LogP contribution in [0.15, 0.2) is 39.0 Å². The van der Waals surface area contributed by atoms with E-state index >= 15 is 0 Å². The number of ether oxygens (including phenoxy) is 2. The Kier molecular flexibility index (Phi) is 4.88. The van der Waals surface area contributed by atoms with Gasteiger partial charge in [0.15, 0.2) is 0 Å². The standard InChI is InChI=1S/C16H15ClO5/c1-9(17)8-21-11-4-5-12-10(2)13(7-15(18)20-3)16(19)22-14(12)6-11/h4-6H,1,7-8H2,2-3H3. The van der Waals surface area contributed by atoms with Gasteiger partial charge in [-0.05, 0) is 24.6 Å². The third-order valence-corrected chi connectivity index (χ3v) is 3.31. The van der Waals surface area contributed by atoms with Crippen molar-refractivity contribution >= 4 is 28.5 Å². The fraction of sp³-hybridized carbons (Fsp3) is 0.250. The number of rotatable bonds is 5. The van der Waals surface area contributed by atoms with Crippen LogP contribution in [0.1, 0.15) is 11.1 Å². The molecule has 0 fully saturated rings. The Labute approximate surface area is 132 Å². The molecule has 1 aromatic carbocycles. The molecule has 1 aromatic heterocycles. The Hall–Kier alpha value is -2.27. The second kappa shape index (κ2) is 6.66. The fourth-order valence-corrected chi connectivity index (χ4v) is 2.10. The lowest BCUT2D eigenvalue weighted by atomic mass is 10.0. The van der Waals surface area contributed by atoms with E-state index in [4.69, 9.17) is 20.8 Å². The summed E-state index contributed by atoms with van der Waals surface area (Å²) >= 11 is 5.64. The van der Waals surface area contributed by atoms with Crippen molar-refractivity contribution in [1.29, 1.82) is 0 Å². The maximum atomic E-state index is 12.0. The van der Waals surface area contributed by atoms with Gasteiger partial charge in [-0.1, -0.05) is 18.2 Å². The number of fused-ring (bicyclic) bond motifs is 1. The van der Waals surface area contributed by atoms with Crippen LogP contribution in [0.5, 0.6) is 5.75 Å². The van der Waals surface area contributed by atoms with Gasteiger partial charge in [0.25, 0.3) is 0 Å². The highest BCUT2D eigenvalue weighted by Gasteiger charge is 2.15. The molecular weight excluding hydrogens is 308 g/mol. The van der Waals surface area contributed by atoms with Gasteiger partial charge < -0.3 is 13.9 Å². The minimum Gasteiger partial charge on any atom is -0.488 e. The van der Waals surface area contributed by atoms with E-state index in [1.165, 1.54) is 7.11 Å². The maximum absolute atomic E-state index is 12.0. The summed E-state index contributed by atoms with van der Waals surface area (Å²) in [5.41, 5.74) is 0.801. The number of carbonyl (C=O) groups is 1. The molecule has 0 bridgehead atoms. The van der Waals surface area contributed by atoms with Gasteiger partial charge in [-0.2, -0.15) is 0 Å². The first-order valence-corrected chi connectivity index (χ1v) is 6.89. The van der Waals surface area contributed by atoms with Crippen LogP contribution in [0, 0.1) is 6.92 Å². The average molecular weight is 323 g/mol. The van der Waals surface area contributed by atoms with Gasteiger partial charge >= 0.3 is 11.6 Å². The Morgan fingerprint density at radius 1 is 1.41 bits per heavy atom. The zero-order valence-corrected chi connectivity index (χ0v) is 13.0. The Balaban J connectivity index is 2.44. The van der Waals surface area contributed by atoms with Gasteiger partial charge in [-0.25, -0.2) is 4.79 Å². The van der Waals surface area contributed by atoms with E-state index in [1.807, 2.05) is 0 Å². The number of hydrogen-bond donors (Lipinski definition) is 0. The molecule has 0 radical (unpaired) electrons. The van der Waals surface area contributed by atoms with E-state index in [0.29, 0.717) is 27.5 Å². The van der Waals surface area contributed by atoms with Crippen LogP contribution in [0.2, 0.25) is 0 Å². The molecule has 0 aliphatic carbocycles. The van der Waals surface area contributed by atoms with E-state index in [2.05, 4.69) is 11.3 Å². The molecule has 22 heavy (non-hydrogen) atoms. The van der Waals surface area contributed by atoms with Crippen LogP contribution in [-0.2, 0) is 16.0 Å². The summed E-state index contributed by atoms with van der Waals surface area (Å²) in [6, 6.07) is 5.10. The van der Waals surface area contributed by atoms with Crippen molar-refractivity contribution in [3.63, 3.8) is 0 Å². The number of hydrogen-bond acceptors (Lipinski definition) is 5. The van der Waals surface area contributed by atoms with E-state index in [1.54, 1.807) is 25.1 Å². The molecule has 0 saturated carbocycles. The highest BCUT2D eigenvalue weighted by molar-refractivity contribution is 6.29. The number of carbonyl (C=O) groups excluding carboxylic acids is 1. The van der Waals surface area contributed by atoms with Gasteiger partial charge in [0, 0.05) is 16.5 Å². The minimum atomic E-state index is -0.561. The van der Waals surface area contributed by atoms with Crippen molar-refractivity contribution < 1.29 is 18.7 Å². The summed E-state index contributed by atoms with van der Waals surface area (Å²) in [4.78, 5) is 23.4. The monoisotopic (exact) mass is 322 g/mol. The summed E-state index contributed by atoms with van der Waals surface area (Å²) in [5.74, 6) is 0.0212. The van der Waals surface area contributed by atoms with Crippen LogP contribution in [0.3, 0.4) is 0 Å². The molecule has 0 atom stereocenters. The molecule has 116 valence electrons. The van der Waals surface area contributed by atoms with Gasteiger partial charge in [-0.3, -0.25) is 4.79 Å². The molecule has 2 rings (SSSR count). The smallest absolute Gasteiger partial charge is 0.340 e. The summed E-state index contributed by atoms with van der Waals surface area (Å²) in [6.45, 7) is 5.46. The van der Waals surface area contributed by atoms with Crippen LogP contribution in [-0.4, -0.2) is 19.7 Å². The molecule has 0 aliphatic rings. The predicted octanol–water partition coefficient (Wildman–Crippen LogP) is 2.95. The van der Waals surface area contributed by atoms with Gasteiger partial charge in [0.2, 0.25) is 0 Å². The second-order valence-corrected chi connectivity index (χ2v) is 5.24. The van der Waals surface area contributed by atoms with E-state index in [0.717, 1.165) is 5.39 Å². The highest BCUT2D eigenvalue weighted by Crippen LogP contribution is 2.24. The molecule has 0 N–H and O–H groups in total. The number of aryl methyl sites for hydroxylation is 1. The molecule has 6 heteroatoms. The topological polar surface area (TPSA) is 65.7 Å². The molecule has 5 nitrogen and oxygen atoms in total. The number of benzene rings is 1. The van der Waals surface area contributed by atoms with Gasteiger partial charge in [0.1, 0.15) is 17.9 Å². The zero-order valence-electron chi connectivity index (χ0n) is 12.3. The normalized spacial score (nSPS) is 10.5. The van der Waals surface area contributed by atoms with E-state index in [-0.39, 0.29) is 13.0 Å². The molecule has 1 heterocycles. The number of methoxy groups -OCH3 is 1. The van der Waals surface area contributed by atoms with Crippen molar-refractivity contribution in [2.45, 2.75) is 13.3 Å². The van der Waals surface area contributed by atoms with Crippen LogP contribution in [0.4, 0.5) is 0 Å². The first-order valence-electron chi connectivity index (χ1n) is 6.51. The third-order valence-electron chi connectivity index (χ3n) is 3.20. The first kappa shape index (κ1) is 16.1. The summed E-state index contributed by atoms with van der Waals surface area (Å²) in [7, 11) is 1.27. The second-order valence-electron chi connectivity index (χ2n) is 4.71. The molecule has 2 aromatic rings. The maximum Gasteiger partial charge on any atom is 0.340 e. The fourth-order valence-electron chi connectivity index (χ4n) is 2.05. The third kappa shape index (κ3) is 3.49. The van der Waals surface area contributed by atoms with Crippen LogP contribution >= 0.6 is 11.6 Å². The predicted molar refractivity (Wildman–Crippen MR) is 83.4 cm³/mol. The quantitative estimate of drug-likeness (QED) is 0.625. The molecule has 0 amide bonds. The first-order chi connectivity index (χ1) is 10.4. The van der Waals surface area contributed by atoms with E-state index in [9.17, 15) is 9.59 Å². The Morgan fingerprint density at radius 2 is 2.14 bits per heavy atom. The molecular formula is C16H15ClO5. The zero-order chi connectivity index (χ0) is 16.3. The van der Waals surface area contributed by atoms with Crippen LogP contribution in [0.25, 0.3) is 11.0 Å². The summed E-state index contributed by atoms with van der Waals surface area (Å²) in [5, 5.41) is 1.10. The molecule has 0 saturated heterocycles. The van der Waals surface area contributed by atoms with E-state index < -0.39 is 11.6 Å².